The summed E-state index contributed by atoms with van der Waals surface area (Å²) in [4.78, 5) is 20.2. The fourth-order valence-corrected chi connectivity index (χ4v) is 1.90. The number of rotatable bonds is 2. The molecule has 1 atom stereocenters. The third kappa shape index (κ3) is 2.43. The third-order valence-corrected chi connectivity index (χ3v) is 3.06. The van der Waals surface area contributed by atoms with E-state index in [4.69, 9.17) is 33.8 Å². The Balaban J connectivity index is 2.50. The summed E-state index contributed by atoms with van der Waals surface area (Å²) in [5.74, 6) is -1.70. The molecule has 1 aromatic heterocycles. The van der Waals surface area contributed by atoms with Gasteiger partial charge in [0.05, 0.1) is 17.8 Å². The maximum Gasteiger partial charge on any atom is 0.358 e. The third-order valence-electron chi connectivity index (χ3n) is 2.45. The SMILES string of the molecule is COC(=O)c1nc(C2CC(Cl)=NO2)c(F)c(N)c1Cl. The Kier molecular flexibility index (Phi) is 3.77. The molecule has 19 heavy (non-hydrogen) atoms. The zero-order chi connectivity index (χ0) is 14.2. The molecule has 1 aliphatic heterocycles. The van der Waals surface area contributed by atoms with E-state index in [2.05, 4.69) is 14.9 Å². The van der Waals surface area contributed by atoms with Crippen molar-refractivity contribution in [2.45, 2.75) is 12.5 Å². The first-order valence-electron chi connectivity index (χ1n) is 5.06. The summed E-state index contributed by atoms with van der Waals surface area (Å²) in [6, 6.07) is 0. The summed E-state index contributed by atoms with van der Waals surface area (Å²) in [6.45, 7) is 0. The van der Waals surface area contributed by atoms with Gasteiger partial charge in [-0.15, -0.1) is 0 Å². The maximum absolute atomic E-state index is 14.0. The summed E-state index contributed by atoms with van der Waals surface area (Å²) in [5.41, 5.74) is 4.61. The van der Waals surface area contributed by atoms with E-state index in [1.165, 1.54) is 0 Å². The predicted molar refractivity (Wildman–Crippen MR) is 66.7 cm³/mol. The van der Waals surface area contributed by atoms with Crippen LogP contribution in [0.5, 0.6) is 0 Å². The van der Waals surface area contributed by atoms with Crippen LogP contribution in [0.1, 0.15) is 28.7 Å². The minimum Gasteiger partial charge on any atom is -0.464 e. The summed E-state index contributed by atoms with van der Waals surface area (Å²) < 4.78 is 18.5. The number of methoxy groups -OCH3 is 1. The first-order chi connectivity index (χ1) is 8.95. The van der Waals surface area contributed by atoms with Crippen LogP contribution in [0.15, 0.2) is 5.16 Å². The second-order valence-electron chi connectivity index (χ2n) is 3.64. The molecular formula is C10H8Cl2FN3O3. The number of carbonyl (C=O) groups excluding carboxylic acids is 1. The molecule has 0 saturated heterocycles. The number of oxime groups is 1. The number of ether oxygens (including phenoxy) is 1. The maximum atomic E-state index is 14.0. The van der Waals surface area contributed by atoms with E-state index in [9.17, 15) is 9.18 Å². The van der Waals surface area contributed by atoms with Crippen LogP contribution in [0.25, 0.3) is 0 Å². The fourth-order valence-electron chi connectivity index (χ4n) is 1.52. The van der Waals surface area contributed by atoms with E-state index in [0.717, 1.165) is 7.11 Å². The van der Waals surface area contributed by atoms with Crippen LogP contribution in [0.2, 0.25) is 5.02 Å². The quantitative estimate of drug-likeness (QED) is 0.847. The highest BCUT2D eigenvalue weighted by molar-refractivity contribution is 6.65. The Morgan fingerprint density at radius 3 is 2.79 bits per heavy atom. The first kappa shape index (κ1) is 13.8. The van der Waals surface area contributed by atoms with Gasteiger partial charge in [-0.1, -0.05) is 28.4 Å². The van der Waals surface area contributed by atoms with Crippen molar-refractivity contribution in [1.29, 1.82) is 0 Å². The monoisotopic (exact) mass is 307 g/mol. The lowest BCUT2D eigenvalue weighted by molar-refractivity contribution is 0.0588. The van der Waals surface area contributed by atoms with Gasteiger partial charge in [0.2, 0.25) is 0 Å². The van der Waals surface area contributed by atoms with Gasteiger partial charge >= 0.3 is 5.97 Å². The molecule has 102 valence electrons. The second kappa shape index (κ2) is 5.18. The van der Waals surface area contributed by atoms with Crippen molar-refractivity contribution in [2.24, 2.45) is 5.16 Å². The molecule has 9 heteroatoms. The Morgan fingerprint density at radius 2 is 2.26 bits per heavy atom. The van der Waals surface area contributed by atoms with Crippen LogP contribution in [0.3, 0.4) is 0 Å². The van der Waals surface area contributed by atoms with Crippen molar-refractivity contribution < 1.29 is 18.8 Å². The normalized spacial score (nSPS) is 17.9. The molecule has 0 radical (unpaired) electrons. The van der Waals surface area contributed by atoms with Crippen molar-refractivity contribution in [1.82, 2.24) is 4.98 Å². The van der Waals surface area contributed by atoms with E-state index < -0.39 is 23.6 Å². The average molecular weight is 308 g/mol. The Bertz CT molecular complexity index is 580. The molecule has 1 aromatic rings. The van der Waals surface area contributed by atoms with Crippen molar-refractivity contribution >= 4 is 40.0 Å². The van der Waals surface area contributed by atoms with Gasteiger partial charge in [0.1, 0.15) is 10.9 Å². The minimum atomic E-state index is -0.871. The van der Waals surface area contributed by atoms with E-state index in [-0.39, 0.29) is 28.0 Å². The molecule has 0 aromatic carbocycles. The summed E-state index contributed by atoms with van der Waals surface area (Å²) in [7, 11) is 1.14. The lowest BCUT2D eigenvalue weighted by Gasteiger charge is -2.13. The van der Waals surface area contributed by atoms with Gasteiger partial charge in [0.25, 0.3) is 0 Å². The smallest absolute Gasteiger partial charge is 0.358 e. The van der Waals surface area contributed by atoms with Crippen LogP contribution in [-0.2, 0) is 9.57 Å². The van der Waals surface area contributed by atoms with E-state index in [0.29, 0.717) is 0 Å². The van der Waals surface area contributed by atoms with Crippen LogP contribution in [0, 0.1) is 5.82 Å². The van der Waals surface area contributed by atoms with E-state index in [1.807, 2.05) is 0 Å². The first-order valence-corrected chi connectivity index (χ1v) is 5.82. The topological polar surface area (TPSA) is 86.8 Å². The predicted octanol–water partition coefficient (Wildman–Crippen LogP) is 2.26. The highest BCUT2D eigenvalue weighted by atomic mass is 35.5. The summed E-state index contributed by atoms with van der Waals surface area (Å²) in [5, 5.41) is 3.33. The van der Waals surface area contributed by atoms with Gasteiger partial charge < -0.3 is 15.3 Å². The molecule has 1 aliphatic rings. The minimum absolute atomic E-state index is 0.132. The lowest BCUT2D eigenvalue weighted by atomic mass is 10.1. The number of nitrogens with zero attached hydrogens (tertiary/aromatic N) is 2. The number of hydrogen-bond acceptors (Lipinski definition) is 6. The summed E-state index contributed by atoms with van der Waals surface area (Å²) in [6.07, 6.45) is -0.719. The van der Waals surface area contributed by atoms with Gasteiger partial charge in [-0.25, -0.2) is 14.2 Å². The second-order valence-corrected chi connectivity index (χ2v) is 4.46. The Hall–Kier alpha value is -1.60. The molecule has 2 heterocycles. The standard InChI is InChI=1S/C10H8Cl2FN3O3/c1-18-10(17)9-5(12)7(14)6(13)8(15-9)3-2-4(11)16-19-3/h3H,2H2,1H3,(H2,14,15). The molecule has 0 bridgehead atoms. The number of aromatic nitrogens is 1. The molecule has 0 fully saturated rings. The van der Waals surface area contributed by atoms with Gasteiger partial charge in [-0.05, 0) is 0 Å². The van der Waals surface area contributed by atoms with Crippen LogP contribution >= 0.6 is 23.2 Å². The highest BCUT2D eigenvalue weighted by Crippen LogP contribution is 2.34. The van der Waals surface area contributed by atoms with Crippen LogP contribution in [-0.4, -0.2) is 23.2 Å². The van der Waals surface area contributed by atoms with Crippen LogP contribution in [0.4, 0.5) is 10.1 Å². The Morgan fingerprint density at radius 1 is 1.58 bits per heavy atom. The number of hydrogen-bond donors (Lipinski definition) is 1. The van der Waals surface area contributed by atoms with Crippen molar-refractivity contribution in [3.8, 4) is 0 Å². The average Bonchev–Trinajstić information content (AvgIpc) is 2.82. The fraction of sp³-hybridized carbons (Fsp3) is 0.300. The van der Waals surface area contributed by atoms with Crippen LogP contribution < -0.4 is 5.73 Å². The molecular weight excluding hydrogens is 300 g/mol. The van der Waals surface area contributed by atoms with Crippen molar-refractivity contribution in [2.75, 3.05) is 12.8 Å². The molecule has 0 saturated carbocycles. The number of halogens is 3. The van der Waals surface area contributed by atoms with Gasteiger partial charge in [-0.2, -0.15) is 0 Å². The van der Waals surface area contributed by atoms with Gasteiger partial charge in [-0.3, -0.25) is 0 Å². The largest absolute Gasteiger partial charge is 0.464 e. The van der Waals surface area contributed by atoms with Gasteiger partial charge in [0.15, 0.2) is 17.6 Å². The number of nitrogen functional groups attached to an aromatic ring is 1. The summed E-state index contributed by atoms with van der Waals surface area (Å²) >= 11 is 11.4. The molecule has 0 spiro atoms. The van der Waals surface area contributed by atoms with Crippen molar-refractivity contribution in [3.63, 3.8) is 0 Å². The van der Waals surface area contributed by atoms with E-state index in [1.54, 1.807) is 0 Å². The molecule has 2 rings (SSSR count). The van der Waals surface area contributed by atoms with Crippen molar-refractivity contribution in [3.05, 3.63) is 22.2 Å². The number of nitrogens with two attached hydrogens (primary N) is 1. The number of esters is 1. The molecule has 0 aliphatic carbocycles. The number of pyridine rings is 1. The Labute approximate surface area is 117 Å². The molecule has 6 nitrogen and oxygen atoms in total. The zero-order valence-corrected chi connectivity index (χ0v) is 11.1. The molecule has 1 unspecified atom stereocenters. The lowest BCUT2D eigenvalue weighted by Crippen LogP contribution is -2.14. The zero-order valence-electron chi connectivity index (χ0n) is 9.61. The van der Waals surface area contributed by atoms with E-state index >= 15 is 0 Å². The highest BCUT2D eigenvalue weighted by Gasteiger charge is 2.31. The molecule has 0 amide bonds. The number of carbonyl (C=O) groups is 1. The van der Waals surface area contributed by atoms with Gasteiger partial charge in [0, 0.05) is 6.42 Å². The molecule has 2 N–H and O–H groups in total. The number of anilines is 1.